The van der Waals surface area contributed by atoms with Crippen molar-refractivity contribution in [2.45, 2.75) is 59.0 Å². The predicted molar refractivity (Wildman–Crippen MR) is 161 cm³/mol. The number of likely N-dealkylation sites (tertiary alicyclic amines) is 1. The number of methoxy groups -OCH3 is 1. The number of ether oxygens (including phenoxy) is 1. The van der Waals surface area contributed by atoms with Crippen molar-refractivity contribution in [3.63, 3.8) is 0 Å². The van der Waals surface area contributed by atoms with Crippen LogP contribution in [0.3, 0.4) is 0 Å². The van der Waals surface area contributed by atoms with Gasteiger partial charge in [-0.2, -0.15) is 0 Å². The molecule has 3 aliphatic rings. The average molecular weight is 540 g/mol. The second kappa shape index (κ2) is 9.57. The number of rotatable bonds is 8. The van der Waals surface area contributed by atoms with Crippen LogP contribution in [0.5, 0.6) is 5.75 Å². The maximum atomic E-state index is 13.7. The Bertz CT molecular complexity index is 1610. The van der Waals surface area contributed by atoms with Crippen LogP contribution in [0.1, 0.15) is 56.8 Å². The van der Waals surface area contributed by atoms with Crippen LogP contribution in [0.2, 0.25) is 0 Å². The Morgan fingerprint density at radius 1 is 1.05 bits per heavy atom. The molecule has 1 N–H and O–H groups in total. The number of aromatic nitrogens is 3. The van der Waals surface area contributed by atoms with Gasteiger partial charge in [-0.25, -0.2) is 4.98 Å². The SMILES string of the molecule is COc1cc(C(=O)N2CC(C)C(C)C2C)cc2nc(-c3cc4cc(NCC5CC5)ccc4n3CC3CC3)n(C)c12. The van der Waals surface area contributed by atoms with Crippen molar-refractivity contribution in [3.8, 4) is 17.3 Å². The molecule has 7 heteroatoms. The normalized spacial score (nSPS) is 22.9. The van der Waals surface area contributed by atoms with Gasteiger partial charge in [0.05, 0.1) is 18.3 Å². The van der Waals surface area contributed by atoms with E-state index in [1.165, 1.54) is 42.3 Å². The van der Waals surface area contributed by atoms with E-state index in [0.29, 0.717) is 23.1 Å². The molecule has 0 radical (unpaired) electrons. The number of aryl methyl sites for hydroxylation is 1. The summed E-state index contributed by atoms with van der Waals surface area (Å²) in [4.78, 5) is 20.9. The van der Waals surface area contributed by atoms with Gasteiger partial charge in [0, 0.05) is 54.9 Å². The minimum Gasteiger partial charge on any atom is -0.494 e. The van der Waals surface area contributed by atoms with Crippen LogP contribution in [-0.2, 0) is 13.6 Å². The molecule has 2 aliphatic carbocycles. The van der Waals surface area contributed by atoms with Crippen molar-refractivity contribution in [3.05, 3.63) is 42.0 Å². The van der Waals surface area contributed by atoms with Crippen molar-refractivity contribution in [1.29, 1.82) is 0 Å². The third-order valence-electron chi connectivity index (χ3n) is 9.86. The summed E-state index contributed by atoms with van der Waals surface area (Å²) in [7, 11) is 3.74. The van der Waals surface area contributed by atoms with E-state index >= 15 is 0 Å². The van der Waals surface area contributed by atoms with Crippen molar-refractivity contribution in [2.75, 3.05) is 25.5 Å². The lowest BCUT2D eigenvalue weighted by atomic mass is 9.95. The molecule has 2 saturated carbocycles. The number of carbonyl (C=O) groups excluding carboxylic acids is 1. The van der Waals surface area contributed by atoms with Crippen molar-refractivity contribution < 1.29 is 9.53 Å². The van der Waals surface area contributed by atoms with Crippen LogP contribution < -0.4 is 10.1 Å². The Balaban J connectivity index is 1.30. The molecule has 3 fully saturated rings. The highest BCUT2D eigenvalue weighted by Crippen LogP contribution is 2.39. The first kappa shape index (κ1) is 25.5. The standard InChI is InChI=1S/C33H41N5O2/c1-19-17-37(21(3)20(19)2)33(39)25-13-27-31(30(15-25)40-5)36(4)32(35-27)29-14-24-12-26(34-16-22-6-7-22)10-11-28(24)38(29)18-23-8-9-23/h10-15,19-23,34H,6-9,16-18H2,1-5H3. The molecule has 4 aromatic rings. The third kappa shape index (κ3) is 4.34. The van der Waals surface area contributed by atoms with Crippen LogP contribution in [0.15, 0.2) is 36.4 Å². The zero-order valence-corrected chi connectivity index (χ0v) is 24.4. The summed E-state index contributed by atoms with van der Waals surface area (Å²) in [5.74, 6) is 4.17. The molecule has 0 bridgehead atoms. The van der Waals surface area contributed by atoms with E-state index in [1.54, 1.807) is 7.11 Å². The first-order valence-electron chi connectivity index (χ1n) is 15.0. The molecule has 210 valence electrons. The third-order valence-corrected chi connectivity index (χ3v) is 9.86. The van der Waals surface area contributed by atoms with E-state index in [1.807, 2.05) is 17.0 Å². The number of hydrogen-bond donors (Lipinski definition) is 1. The summed E-state index contributed by atoms with van der Waals surface area (Å²) in [5, 5.41) is 4.87. The molecule has 3 atom stereocenters. The van der Waals surface area contributed by atoms with Gasteiger partial charge in [0.25, 0.3) is 5.91 Å². The lowest BCUT2D eigenvalue weighted by Crippen LogP contribution is -2.35. The van der Waals surface area contributed by atoms with Crippen LogP contribution in [0, 0.1) is 23.7 Å². The Morgan fingerprint density at radius 3 is 2.50 bits per heavy atom. The highest BCUT2D eigenvalue weighted by Gasteiger charge is 2.37. The predicted octanol–water partition coefficient (Wildman–Crippen LogP) is 6.55. The van der Waals surface area contributed by atoms with Gasteiger partial charge in [0.15, 0.2) is 5.82 Å². The summed E-state index contributed by atoms with van der Waals surface area (Å²) < 4.78 is 10.4. The summed E-state index contributed by atoms with van der Waals surface area (Å²) >= 11 is 0. The number of carbonyl (C=O) groups is 1. The van der Waals surface area contributed by atoms with Crippen LogP contribution in [0.25, 0.3) is 33.5 Å². The molecule has 3 unspecified atom stereocenters. The fourth-order valence-electron chi connectivity index (χ4n) is 6.56. The first-order chi connectivity index (χ1) is 19.3. The number of hydrogen-bond acceptors (Lipinski definition) is 4. The molecule has 1 saturated heterocycles. The molecule has 3 heterocycles. The number of benzene rings is 2. The number of nitrogens with zero attached hydrogens (tertiary/aromatic N) is 4. The van der Waals surface area contributed by atoms with E-state index in [0.717, 1.165) is 54.0 Å². The second-order valence-electron chi connectivity index (χ2n) is 12.8. The van der Waals surface area contributed by atoms with Crippen LogP contribution in [-0.4, -0.2) is 51.2 Å². The molecule has 1 amide bonds. The Labute approximate surface area is 236 Å². The lowest BCUT2D eigenvalue weighted by Gasteiger charge is -2.23. The second-order valence-corrected chi connectivity index (χ2v) is 12.8. The zero-order chi connectivity index (χ0) is 27.7. The molecule has 7 rings (SSSR count). The topological polar surface area (TPSA) is 64.3 Å². The molecular weight excluding hydrogens is 498 g/mol. The molecule has 2 aromatic heterocycles. The van der Waals surface area contributed by atoms with Gasteiger partial charge < -0.3 is 24.1 Å². The van der Waals surface area contributed by atoms with Gasteiger partial charge in [0.2, 0.25) is 0 Å². The quantitative estimate of drug-likeness (QED) is 0.276. The summed E-state index contributed by atoms with van der Waals surface area (Å²) in [6.45, 7) is 9.47. The maximum Gasteiger partial charge on any atom is 0.254 e. The van der Waals surface area contributed by atoms with Crippen LogP contribution in [0.4, 0.5) is 5.69 Å². The maximum absolute atomic E-state index is 13.7. The number of amides is 1. The minimum absolute atomic E-state index is 0.0603. The zero-order valence-electron chi connectivity index (χ0n) is 24.4. The van der Waals surface area contributed by atoms with E-state index in [4.69, 9.17) is 9.72 Å². The molecular formula is C33H41N5O2. The van der Waals surface area contributed by atoms with Crippen molar-refractivity contribution >= 4 is 33.5 Å². The summed E-state index contributed by atoms with van der Waals surface area (Å²) in [6, 6.07) is 13.1. The first-order valence-corrected chi connectivity index (χ1v) is 15.0. The highest BCUT2D eigenvalue weighted by molar-refractivity contribution is 6.00. The van der Waals surface area contributed by atoms with Gasteiger partial charge in [-0.3, -0.25) is 4.79 Å². The molecule has 2 aromatic carbocycles. The Morgan fingerprint density at radius 2 is 1.82 bits per heavy atom. The molecule has 1 aliphatic heterocycles. The molecule has 7 nitrogen and oxygen atoms in total. The van der Waals surface area contributed by atoms with Gasteiger partial charge in [-0.15, -0.1) is 0 Å². The lowest BCUT2D eigenvalue weighted by molar-refractivity contribution is 0.0733. The Kier molecular flexibility index (Phi) is 6.09. The average Bonchev–Trinajstić information content (AvgIpc) is 3.88. The largest absolute Gasteiger partial charge is 0.494 e. The number of fused-ring (bicyclic) bond motifs is 2. The molecule has 0 spiro atoms. The van der Waals surface area contributed by atoms with Crippen molar-refractivity contribution in [1.82, 2.24) is 19.0 Å². The monoisotopic (exact) mass is 539 g/mol. The molecule has 40 heavy (non-hydrogen) atoms. The number of imidazole rings is 1. The summed E-state index contributed by atoms with van der Waals surface area (Å²) in [5.41, 5.74) is 5.91. The van der Waals surface area contributed by atoms with E-state index in [-0.39, 0.29) is 11.9 Å². The fourth-order valence-corrected chi connectivity index (χ4v) is 6.56. The van der Waals surface area contributed by atoms with Crippen LogP contribution >= 0.6 is 0 Å². The highest BCUT2D eigenvalue weighted by atomic mass is 16.5. The smallest absolute Gasteiger partial charge is 0.254 e. The minimum atomic E-state index is 0.0603. The number of anilines is 1. The van der Waals surface area contributed by atoms with E-state index in [9.17, 15) is 4.79 Å². The van der Waals surface area contributed by atoms with E-state index in [2.05, 4.69) is 66.5 Å². The van der Waals surface area contributed by atoms with Gasteiger partial charge >= 0.3 is 0 Å². The fraction of sp³-hybridized carbons (Fsp3) is 0.515. The van der Waals surface area contributed by atoms with Crippen molar-refractivity contribution in [2.24, 2.45) is 30.7 Å². The van der Waals surface area contributed by atoms with Gasteiger partial charge in [-0.1, -0.05) is 13.8 Å². The Hall–Kier alpha value is -3.48. The van der Waals surface area contributed by atoms with E-state index < -0.39 is 0 Å². The van der Waals surface area contributed by atoms with Gasteiger partial charge in [0.1, 0.15) is 11.3 Å². The number of nitrogens with one attached hydrogen (secondary N) is 1. The summed E-state index contributed by atoms with van der Waals surface area (Å²) in [6.07, 6.45) is 5.26. The van der Waals surface area contributed by atoms with Gasteiger partial charge in [-0.05, 0) is 92.7 Å².